The zero-order valence-corrected chi connectivity index (χ0v) is 19.7. The molecule has 0 aromatic rings. The zero-order valence-electron chi connectivity index (χ0n) is 19.7. The number of hydrogen-bond donors (Lipinski definition) is 1. The minimum Gasteiger partial charge on any atom is -0.481 e. The summed E-state index contributed by atoms with van der Waals surface area (Å²) in [6.45, 7) is 6.79. The molecule has 0 aliphatic heterocycles. The molecule has 0 spiro atoms. The molecule has 2 heteroatoms. The summed E-state index contributed by atoms with van der Waals surface area (Å²) in [4.78, 5) is 11.2. The molecule has 0 aromatic heterocycles. The van der Waals surface area contributed by atoms with Crippen LogP contribution in [0, 0.1) is 11.8 Å². The Bertz CT molecular complexity index is 326. The minimum atomic E-state index is -0.606. The molecule has 0 amide bonds. The fraction of sp³-hybridized carbons (Fsp3) is 0.962. The molecule has 0 aromatic carbocycles. The number of carboxylic acid groups (broad SMARTS) is 1. The van der Waals surface area contributed by atoms with Gasteiger partial charge in [0.05, 0.1) is 0 Å². The first-order chi connectivity index (χ1) is 13.6. The molecule has 2 atom stereocenters. The fourth-order valence-electron chi connectivity index (χ4n) is 4.45. The Kier molecular flexibility index (Phi) is 20.8. The molecular weight excluding hydrogens is 344 g/mol. The van der Waals surface area contributed by atoms with Crippen molar-refractivity contribution in [2.45, 2.75) is 149 Å². The predicted octanol–water partition coefficient (Wildman–Crippen LogP) is 9.17. The first-order valence-electron chi connectivity index (χ1n) is 12.9. The zero-order chi connectivity index (χ0) is 20.9. The van der Waals surface area contributed by atoms with Gasteiger partial charge in [0.2, 0.25) is 0 Å². The molecule has 2 nitrogen and oxygen atoms in total. The van der Waals surface area contributed by atoms with E-state index in [4.69, 9.17) is 0 Å². The first-order valence-corrected chi connectivity index (χ1v) is 12.9. The van der Waals surface area contributed by atoms with Gasteiger partial charge in [-0.1, -0.05) is 130 Å². The van der Waals surface area contributed by atoms with E-state index in [-0.39, 0.29) is 0 Å². The lowest BCUT2D eigenvalue weighted by Crippen LogP contribution is -2.13. The summed E-state index contributed by atoms with van der Waals surface area (Å²) in [5.41, 5.74) is 0. The second-order valence-electron chi connectivity index (χ2n) is 9.15. The highest BCUT2D eigenvalue weighted by Gasteiger charge is 2.17. The van der Waals surface area contributed by atoms with Gasteiger partial charge in [0.1, 0.15) is 0 Å². The summed E-state index contributed by atoms with van der Waals surface area (Å²) in [6, 6.07) is 0. The minimum absolute atomic E-state index is 0.376. The van der Waals surface area contributed by atoms with Crippen molar-refractivity contribution in [3.63, 3.8) is 0 Å². The summed E-state index contributed by atoms with van der Waals surface area (Å²) < 4.78 is 0. The van der Waals surface area contributed by atoms with Crippen molar-refractivity contribution in [1.29, 1.82) is 0 Å². The summed E-state index contributed by atoms with van der Waals surface area (Å²) in [5.74, 6) is 0.517. The van der Waals surface area contributed by atoms with Crippen LogP contribution in [-0.2, 0) is 4.79 Å². The summed E-state index contributed by atoms with van der Waals surface area (Å²) >= 11 is 0. The number of rotatable bonds is 22. The SMILES string of the molecule is CCCCCCCCCCCCCCCC(CC(=O)O)CC(CC)CCCC. The van der Waals surface area contributed by atoms with Crippen LogP contribution in [0.5, 0.6) is 0 Å². The molecule has 2 unspecified atom stereocenters. The smallest absolute Gasteiger partial charge is 0.303 e. The lowest BCUT2D eigenvalue weighted by molar-refractivity contribution is -0.138. The van der Waals surface area contributed by atoms with E-state index in [2.05, 4.69) is 20.8 Å². The number of hydrogen-bond acceptors (Lipinski definition) is 1. The molecule has 0 bridgehead atoms. The number of unbranched alkanes of at least 4 members (excludes halogenated alkanes) is 13. The van der Waals surface area contributed by atoms with Crippen molar-refractivity contribution in [2.75, 3.05) is 0 Å². The van der Waals surface area contributed by atoms with Crippen LogP contribution in [0.25, 0.3) is 0 Å². The van der Waals surface area contributed by atoms with E-state index < -0.39 is 5.97 Å². The lowest BCUT2D eigenvalue weighted by Gasteiger charge is -2.21. The third kappa shape index (κ3) is 18.8. The Morgan fingerprint density at radius 3 is 1.46 bits per heavy atom. The Balaban J connectivity index is 3.69. The maximum Gasteiger partial charge on any atom is 0.303 e. The van der Waals surface area contributed by atoms with Crippen molar-refractivity contribution < 1.29 is 9.90 Å². The largest absolute Gasteiger partial charge is 0.481 e. The number of carboxylic acids is 1. The van der Waals surface area contributed by atoms with Gasteiger partial charge in [0, 0.05) is 6.42 Å². The van der Waals surface area contributed by atoms with Gasteiger partial charge in [0.15, 0.2) is 0 Å². The van der Waals surface area contributed by atoms with Gasteiger partial charge in [-0.05, 0) is 24.7 Å². The van der Waals surface area contributed by atoms with Gasteiger partial charge in [-0.15, -0.1) is 0 Å². The van der Waals surface area contributed by atoms with Crippen LogP contribution in [0.4, 0.5) is 0 Å². The maximum absolute atomic E-state index is 11.2. The quantitative estimate of drug-likeness (QED) is 0.185. The Morgan fingerprint density at radius 1 is 0.607 bits per heavy atom. The van der Waals surface area contributed by atoms with Crippen LogP contribution in [0.3, 0.4) is 0 Å². The first kappa shape index (κ1) is 27.5. The standard InChI is InChI=1S/C26H52O2/c1-4-7-9-10-11-12-13-14-15-16-17-18-19-21-25(23-26(27)28)22-24(6-3)20-8-5-2/h24-25H,4-23H2,1-3H3,(H,27,28). The number of carbonyl (C=O) groups is 1. The average molecular weight is 397 g/mol. The molecule has 0 saturated heterocycles. The normalized spacial score (nSPS) is 13.5. The van der Waals surface area contributed by atoms with Gasteiger partial charge in [-0.2, -0.15) is 0 Å². The molecule has 0 saturated carbocycles. The van der Waals surface area contributed by atoms with Crippen LogP contribution in [0.2, 0.25) is 0 Å². The maximum atomic E-state index is 11.2. The highest BCUT2D eigenvalue weighted by atomic mass is 16.4. The molecule has 0 fully saturated rings. The van der Waals surface area contributed by atoms with Gasteiger partial charge in [0.25, 0.3) is 0 Å². The van der Waals surface area contributed by atoms with E-state index in [1.54, 1.807) is 0 Å². The summed E-state index contributed by atoms with van der Waals surface area (Å²) in [5, 5.41) is 9.25. The molecular formula is C26H52O2. The van der Waals surface area contributed by atoms with Gasteiger partial charge in [-0.3, -0.25) is 4.79 Å². The monoisotopic (exact) mass is 396 g/mol. The molecule has 0 heterocycles. The van der Waals surface area contributed by atoms with Crippen molar-refractivity contribution in [1.82, 2.24) is 0 Å². The topological polar surface area (TPSA) is 37.3 Å². The Morgan fingerprint density at radius 2 is 1.04 bits per heavy atom. The predicted molar refractivity (Wildman–Crippen MR) is 124 cm³/mol. The van der Waals surface area contributed by atoms with E-state index in [1.807, 2.05) is 0 Å². The van der Waals surface area contributed by atoms with Crippen molar-refractivity contribution >= 4 is 5.97 Å². The second-order valence-corrected chi connectivity index (χ2v) is 9.15. The third-order valence-electron chi connectivity index (χ3n) is 6.39. The van der Waals surface area contributed by atoms with Gasteiger partial charge >= 0.3 is 5.97 Å². The highest BCUT2D eigenvalue weighted by Crippen LogP contribution is 2.27. The van der Waals surface area contributed by atoms with Crippen LogP contribution in [0.15, 0.2) is 0 Å². The second kappa shape index (κ2) is 21.2. The van der Waals surface area contributed by atoms with Crippen LogP contribution >= 0.6 is 0 Å². The van der Waals surface area contributed by atoms with Gasteiger partial charge in [-0.25, -0.2) is 0 Å². The van der Waals surface area contributed by atoms with Crippen molar-refractivity contribution in [2.24, 2.45) is 11.8 Å². The molecule has 0 aliphatic rings. The van der Waals surface area contributed by atoms with E-state index in [1.165, 1.54) is 109 Å². The Hall–Kier alpha value is -0.530. The molecule has 0 rings (SSSR count). The van der Waals surface area contributed by atoms with Crippen LogP contribution in [-0.4, -0.2) is 11.1 Å². The van der Waals surface area contributed by atoms with Gasteiger partial charge < -0.3 is 5.11 Å². The lowest BCUT2D eigenvalue weighted by atomic mass is 9.84. The van der Waals surface area contributed by atoms with Crippen LogP contribution < -0.4 is 0 Å². The third-order valence-corrected chi connectivity index (χ3v) is 6.39. The van der Waals surface area contributed by atoms with Crippen molar-refractivity contribution in [3.05, 3.63) is 0 Å². The average Bonchev–Trinajstić information content (AvgIpc) is 2.68. The highest BCUT2D eigenvalue weighted by molar-refractivity contribution is 5.66. The van der Waals surface area contributed by atoms with E-state index in [9.17, 15) is 9.90 Å². The molecule has 0 aliphatic carbocycles. The molecule has 28 heavy (non-hydrogen) atoms. The Labute approximate surface area is 177 Å². The van der Waals surface area contributed by atoms with Crippen LogP contribution in [0.1, 0.15) is 149 Å². The van der Waals surface area contributed by atoms with E-state index in [0.717, 1.165) is 18.8 Å². The molecule has 168 valence electrons. The fourth-order valence-corrected chi connectivity index (χ4v) is 4.45. The van der Waals surface area contributed by atoms with E-state index in [0.29, 0.717) is 12.3 Å². The molecule has 0 radical (unpaired) electrons. The molecule has 1 N–H and O–H groups in total. The summed E-state index contributed by atoms with van der Waals surface area (Å²) in [6.07, 6.45) is 25.5. The van der Waals surface area contributed by atoms with E-state index >= 15 is 0 Å². The summed E-state index contributed by atoms with van der Waals surface area (Å²) in [7, 11) is 0. The number of aliphatic carboxylic acids is 1. The van der Waals surface area contributed by atoms with Crippen molar-refractivity contribution in [3.8, 4) is 0 Å².